The third-order valence-electron chi connectivity index (χ3n) is 13.6. The summed E-state index contributed by atoms with van der Waals surface area (Å²) < 4.78 is 0. The van der Waals surface area contributed by atoms with Gasteiger partial charge in [0.05, 0.1) is 24.2 Å². The molecule has 0 heterocycles. The van der Waals surface area contributed by atoms with E-state index in [1.807, 2.05) is 6.92 Å². The van der Waals surface area contributed by atoms with Crippen LogP contribution in [0.2, 0.25) is 0 Å². The van der Waals surface area contributed by atoms with Gasteiger partial charge in [0.25, 0.3) is 0 Å². The molecule has 0 radical (unpaired) electrons. The second-order valence-corrected chi connectivity index (χ2v) is 14.9. The molecule has 5 nitrogen and oxygen atoms in total. The van der Waals surface area contributed by atoms with E-state index in [9.17, 15) is 25.2 Å². The smallest absolute Gasteiger partial charge is 0.309 e. The number of aliphatic hydroxyl groups excluding tert-OH is 3. The van der Waals surface area contributed by atoms with Gasteiger partial charge in [0.2, 0.25) is 0 Å². The Hall–Kier alpha value is -0.910. The first kappa shape index (κ1) is 25.7. The number of aliphatic carboxylic acids is 1. The normalized spacial score (nSPS) is 57.7. The number of allylic oxidation sites excluding steroid dienone is 2. The van der Waals surface area contributed by atoms with Crippen molar-refractivity contribution in [3.63, 3.8) is 0 Å². The number of carboxylic acid groups (broad SMARTS) is 1. The Kier molecular flexibility index (Phi) is 5.56. The summed E-state index contributed by atoms with van der Waals surface area (Å²) in [6.07, 6.45) is 9.09. The highest BCUT2D eigenvalue weighted by molar-refractivity contribution is 5.74. The van der Waals surface area contributed by atoms with Gasteiger partial charge >= 0.3 is 5.97 Å². The van der Waals surface area contributed by atoms with Gasteiger partial charge in [-0.1, -0.05) is 46.3 Å². The van der Waals surface area contributed by atoms with Gasteiger partial charge < -0.3 is 20.4 Å². The number of rotatable bonds is 2. The summed E-state index contributed by atoms with van der Waals surface area (Å²) in [5.41, 5.74) is -0.112. The molecule has 1 unspecified atom stereocenters. The minimum Gasteiger partial charge on any atom is -0.481 e. The molecule has 0 aromatic carbocycles. The standard InChI is InChI=1S/C30H48O5/c1-25(24(34)35)15-19-18-7-8-21-27(3)11-10-22(32)28(4,17-31)20(27)9-12-30(21,6)29(18,5)14-13-26(19,2)23(33)16-25/h7,19-23,31-33H,8-17H2,1-6H3,(H,34,35)/t19-,20?,21+,22-,23+,25-,26+,27-,28+,29+,30+/m0/s1. The fraction of sp³-hybridized carbons (Fsp3) is 0.900. The molecule has 0 aromatic heterocycles. The highest BCUT2D eigenvalue weighted by Crippen LogP contribution is 2.75. The lowest BCUT2D eigenvalue weighted by molar-refractivity contribution is -0.219. The van der Waals surface area contributed by atoms with E-state index in [4.69, 9.17) is 0 Å². The Balaban J connectivity index is 1.58. The Morgan fingerprint density at radius 1 is 0.886 bits per heavy atom. The number of carbonyl (C=O) groups is 1. The molecule has 4 saturated carbocycles. The van der Waals surface area contributed by atoms with Crippen LogP contribution in [-0.2, 0) is 4.79 Å². The van der Waals surface area contributed by atoms with E-state index in [2.05, 4.69) is 40.7 Å². The predicted octanol–water partition coefficient (Wildman–Crippen LogP) is 5.18. The highest BCUT2D eigenvalue weighted by Gasteiger charge is 2.69. The van der Waals surface area contributed by atoms with Gasteiger partial charge in [-0.05, 0) is 98.7 Å². The summed E-state index contributed by atoms with van der Waals surface area (Å²) in [7, 11) is 0. The summed E-state index contributed by atoms with van der Waals surface area (Å²) in [6.45, 7) is 13.5. The first-order chi connectivity index (χ1) is 16.1. The first-order valence-electron chi connectivity index (χ1n) is 14.0. The van der Waals surface area contributed by atoms with Crippen molar-refractivity contribution in [2.45, 2.75) is 112 Å². The minimum absolute atomic E-state index is 0.0301. The molecule has 0 spiro atoms. The van der Waals surface area contributed by atoms with Gasteiger partial charge in [-0.25, -0.2) is 0 Å². The lowest BCUT2D eigenvalue weighted by Gasteiger charge is -2.71. The average Bonchev–Trinajstić information content (AvgIpc) is 2.79. The number of carboxylic acids is 1. The SMILES string of the molecule is C[C@@]1(C(=O)O)C[C@@H](O)[C@]2(C)CC[C@]3(C)C(=CC[C@@H]4[C@@]5(C)CC[C@H](O)[C@](C)(CO)C5CC[C@]43C)[C@@H]2C1. The van der Waals surface area contributed by atoms with Crippen LogP contribution in [-0.4, -0.2) is 45.2 Å². The lowest BCUT2D eigenvalue weighted by Crippen LogP contribution is -2.66. The third kappa shape index (κ3) is 3.01. The second-order valence-electron chi connectivity index (χ2n) is 14.9. The second kappa shape index (κ2) is 7.57. The largest absolute Gasteiger partial charge is 0.481 e. The number of hydrogen-bond donors (Lipinski definition) is 4. The molecular formula is C30H48O5. The van der Waals surface area contributed by atoms with Gasteiger partial charge in [0, 0.05) is 10.8 Å². The molecule has 11 atom stereocenters. The number of aliphatic hydroxyl groups is 3. The number of hydrogen-bond acceptors (Lipinski definition) is 4. The molecule has 4 N–H and O–H groups in total. The monoisotopic (exact) mass is 488 g/mol. The molecule has 0 amide bonds. The zero-order chi connectivity index (χ0) is 25.8. The van der Waals surface area contributed by atoms with Crippen LogP contribution in [0.4, 0.5) is 0 Å². The van der Waals surface area contributed by atoms with Crippen LogP contribution in [0.15, 0.2) is 11.6 Å². The van der Waals surface area contributed by atoms with E-state index in [1.165, 1.54) is 5.57 Å². The van der Waals surface area contributed by atoms with Crippen molar-refractivity contribution in [2.75, 3.05) is 6.61 Å². The fourth-order valence-corrected chi connectivity index (χ4v) is 10.7. The van der Waals surface area contributed by atoms with E-state index in [0.717, 1.165) is 44.9 Å². The van der Waals surface area contributed by atoms with Crippen LogP contribution in [0.3, 0.4) is 0 Å². The summed E-state index contributed by atoms with van der Waals surface area (Å²) in [5, 5.41) is 42.7. The van der Waals surface area contributed by atoms with Gasteiger partial charge in [-0.3, -0.25) is 4.79 Å². The van der Waals surface area contributed by atoms with Crippen molar-refractivity contribution in [1.29, 1.82) is 0 Å². The average molecular weight is 489 g/mol. The molecule has 5 aliphatic carbocycles. The van der Waals surface area contributed by atoms with Crippen LogP contribution in [0.1, 0.15) is 99.3 Å². The van der Waals surface area contributed by atoms with E-state index < -0.39 is 29.0 Å². The van der Waals surface area contributed by atoms with Crippen molar-refractivity contribution in [3.05, 3.63) is 11.6 Å². The van der Waals surface area contributed by atoms with Crippen LogP contribution >= 0.6 is 0 Å². The summed E-state index contributed by atoms with van der Waals surface area (Å²) in [6, 6.07) is 0. The molecule has 0 aliphatic heterocycles. The van der Waals surface area contributed by atoms with Gasteiger partial charge in [-0.2, -0.15) is 0 Å². The summed E-state index contributed by atoms with van der Waals surface area (Å²) in [5.74, 6) is 0.0550. The van der Waals surface area contributed by atoms with Crippen LogP contribution in [0.5, 0.6) is 0 Å². The summed E-state index contributed by atoms with van der Waals surface area (Å²) in [4.78, 5) is 12.3. The Bertz CT molecular complexity index is 945. The van der Waals surface area contributed by atoms with Crippen molar-refractivity contribution in [3.8, 4) is 0 Å². The van der Waals surface area contributed by atoms with Crippen LogP contribution in [0, 0.1) is 50.2 Å². The third-order valence-corrected chi connectivity index (χ3v) is 13.6. The van der Waals surface area contributed by atoms with Crippen LogP contribution < -0.4 is 0 Å². The molecule has 198 valence electrons. The van der Waals surface area contributed by atoms with Crippen molar-refractivity contribution in [1.82, 2.24) is 0 Å². The Labute approximate surface area is 211 Å². The van der Waals surface area contributed by atoms with Crippen molar-refractivity contribution in [2.24, 2.45) is 50.2 Å². The maximum absolute atomic E-state index is 12.3. The number of fused-ring (bicyclic) bond motifs is 7. The quantitative estimate of drug-likeness (QED) is 0.402. The molecule has 0 aromatic rings. The highest BCUT2D eigenvalue weighted by atomic mass is 16.4. The van der Waals surface area contributed by atoms with Crippen molar-refractivity contribution >= 4 is 5.97 Å². The van der Waals surface area contributed by atoms with E-state index in [1.54, 1.807) is 0 Å². The molecule has 5 rings (SSSR count). The van der Waals surface area contributed by atoms with Crippen LogP contribution in [0.25, 0.3) is 0 Å². The summed E-state index contributed by atoms with van der Waals surface area (Å²) >= 11 is 0. The predicted molar refractivity (Wildman–Crippen MR) is 135 cm³/mol. The lowest BCUT2D eigenvalue weighted by atomic mass is 9.33. The maximum Gasteiger partial charge on any atom is 0.309 e. The zero-order valence-corrected chi connectivity index (χ0v) is 22.7. The fourth-order valence-electron chi connectivity index (χ4n) is 10.7. The first-order valence-corrected chi connectivity index (χ1v) is 14.0. The molecule has 0 saturated heterocycles. The van der Waals surface area contributed by atoms with E-state index >= 15 is 0 Å². The molecule has 0 bridgehead atoms. The minimum atomic E-state index is -0.896. The molecular weight excluding hydrogens is 440 g/mol. The van der Waals surface area contributed by atoms with E-state index in [-0.39, 0.29) is 34.2 Å². The molecule has 5 heteroatoms. The molecule has 4 fully saturated rings. The van der Waals surface area contributed by atoms with E-state index in [0.29, 0.717) is 24.7 Å². The van der Waals surface area contributed by atoms with Gasteiger partial charge in [0.15, 0.2) is 0 Å². The van der Waals surface area contributed by atoms with Gasteiger partial charge in [-0.15, -0.1) is 0 Å². The zero-order valence-electron chi connectivity index (χ0n) is 22.7. The maximum atomic E-state index is 12.3. The topological polar surface area (TPSA) is 98.0 Å². The Morgan fingerprint density at radius 2 is 1.57 bits per heavy atom. The Morgan fingerprint density at radius 3 is 2.20 bits per heavy atom. The van der Waals surface area contributed by atoms with Crippen molar-refractivity contribution < 1.29 is 25.2 Å². The van der Waals surface area contributed by atoms with Gasteiger partial charge in [0.1, 0.15) is 0 Å². The molecule has 35 heavy (non-hydrogen) atoms. The molecule has 5 aliphatic rings.